The number of thiophene rings is 1. The molecule has 3 aromatic rings. The first kappa shape index (κ1) is 16.5. The Balaban J connectivity index is 1.66. The van der Waals surface area contributed by atoms with E-state index in [1.54, 1.807) is 11.3 Å². The summed E-state index contributed by atoms with van der Waals surface area (Å²) < 4.78 is 0. The van der Waals surface area contributed by atoms with Crippen molar-refractivity contribution in [2.24, 2.45) is 0 Å². The van der Waals surface area contributed by atoms with Crippen LogP contribution in [0.15, 0.2) is 40.5 Å². The molecular weight excluding hydrogens is 320 g/mol. The first-order valence-electron chi connectivity index (χ1n) is 7.95. The molecule has 2 aromatic heterocycles. The molecule has 0 aliphatic heterocycles. The molecule has 0 bridgehead atoms. The molecule has 0 unspecified atom stereocenters. The minimum absolute atomic E-state index is 0.0128. The maximum Gasteiger partial charge on any atom is 0.251 e. The smallest absolute Gasteiger partial charge is 0.251 e. The van der Waals surface area contributed by atoms with Gasteiger partial charge < -0.3 is 10.3 Å². The SMILES string of the molecule is Cc1cc2cc(CCNC(=O)Cc3cccs3)c(=O)[nH]c2cc1C. The third-order valence-electron chi connectivity index (χ3n) is 4.17. The second-order valence-electron chi connectivity index (χ2n) is 6.00. The zero-order chi connectivity index (χ0) is 17.1. The Morgan fingerprint density at radius 2 is 2.00 bits per heavy atom. The van der Waals surface area contributed by atoms with Gasteiger partial charge in [0, 0.05) is 22.5 Å². The van der Waals surface area contributed by atoms with Crippen molar-refractivity contribution in [3.8, 4) is 0 Å². The third-order valence-corrected chi connectivity index (χ3v) is 5.04. The number of fused-ring (bicyclic) bond motifs is 1. The van der Waals surface area contributed by atoms with Gasteiger partial charge in [0.1, 0.15) is 0 Å². The molecule has 0 fully saturated rings. The fourth-order valence-electron chi connectivity index (χ4n) is 2.68. The average Bonchev–Trinajstić information content (AvgIpc) is 3.03. The van der Waals surface area contributed by atoms with Gasteiger partial charge in [-0.05, 0) is 66.4 Å². The molecule has 2 N–H and O–H groups in total. The van der Waals surface area contributed by atoms with Crippen LogP contribution >= 0.6 is 11.3 Å². The van der Waals surface area contributed by atoms with Crippen molar-refractivity contribution in [2.45, 2.75) is 26.7 Å². The lowest BCUT2D eigenvalue weighted by molar-refractivity contribution is -0.120. The Hall–Kier alpha value is -2.40. The molecule has 0 aliphatic carbocycles. The van der Waals surface area contributed by atoms with Crippen molar-refractivity contribution >= 4 is 28.1 Å². The fraction of sp³-hybridized carbons (Fsp3) is 0.263. The van der Waals surface area contributed by atoms with Crippen molar-refractivity contribution in [3.05, 3.63) is 67.6 Å². The molecule has 24 heavy (non-hydrogen) atoms. The molecule has 0 spiro atoms. The molecule has 5 heteroatoms. The Morgan fingerprint density at radius 3 is 2.75 bits per heavy atom. The highest BCUT2D eigenvalue weighted by Gasteiger charge is 2.07. The van der Waals surface area contributed by atoms with Crippen molar-refractivity contribution in [1.82, 2.24) is 10.3 Å². The number of hydrogen-bond donors (Lipinski definition) is 2. The van der Waals surface area contributed by atoms with E-state index in [1.807, 2.05) is 36.6 Å². The number of carbonyl (C=O) groups excluding carboxylic acids is 1. The summed E-state index contributed by atoms with van der Waals surface area (Å²) >= 11 is 1.57. The number of benzene rings is 1. The van der Waals surface area contributed by atoms with Crippen LogP contribution in [0, 0.1) is 13.8 Å². The molecule has 2 heterocycles. The Morgan fingerprint density at radius 1 is 1.21 bits per heavy atom. The summed E-state index contributed by atoms with van der Waals surface area (Å²) in [6, 6.07) is 9.89. The van der Waals surface area contributed by atoms with Crippen molar-refractivity contribution < 1.29 is 4.79 Å². The lowest BCUT2D eigenvalue weighted by Gasteiger charge is -2.07. The maximum absolute atomic E-state index is 12.2. The summed E-state index contributed by atoms with van der Waals surface area (Å²) in [7, 11) is 0. The summed E-state index contributed by atoms with van der Waals surface area (Å²) in [6.07, 6.45) is 0.915. The topological polar surface area (TPSA) is 62.0 Å². The van der Waals surface area contributed by atoms with Gasteiger partial charge in [-0.2, -0.15) is 0 Å². The molecule has 1 amide bonds. The van der Waals surface area contributed by atoms with Crippen LogP contribution in [0.3, 0.4) is 0 Å². The molecular formula is C19H20N2O2S. The molecule has 124 valence electrons. The van der Waals surface area contributed by atoms with Gasteiger partial charge in [0.15, 0.2) is 0 Å². The van der Waals surface area contributed by atoms with Crippen LogP contribution in [0.1, 0.15) is 21.6 Å². The Labute approximate surface area is 144 Å². The van der Waals surface area contributed by atoms with E-state index in [1.165, 1.54) is 5.56 Å². The number of amides is 1. The van der Waals surface area contributed by atoms with E-state index in [0.717, 1.165) is 21.3 Å². The molecule has 1 aromatic carbocycles. The summed E-state index contributed by atoms with van der Waals surface area (Å²) in [5.41, 5.74) is 3.82. The van der Waals surface area contributed by atoms with Crippen LogP contribution in [-0.4, -0.2) is 17.4 Å². The van der Waals surface area contributed by atoms with E-state index in [9.17, 15) is 9.59 Å². The number of nitrogens with one attached hydrogen (secondary N) is 2. The summed E-state index contributed by atoms with van der Waals surface area (Å²) in [5.74, 6) is -0.0128. The minimum atomic E-state index is -0.0849. The van der Waals surface area contributed by atoms with E-state index in [2.05, 4.69) is 23.3 Å². The van der Waals surface area contributed by atoms with Gasteiger partial charge in [0.25, 0.3) is 5.56 Å². The predicted octanol–water partition coefficient (Wildman–Crippen LogP) is 3.11. The van der Waals surface area contributed by atoms with Crippen LogP contribution in [0.25, 0.3) is 10.9 Å². The Bertz CT molecular complexity index is 926. The van der Waals surface area contributed by atoms with E-state index in [-0.39, 0.29) is 11.5 Å². The number of aromatic nitrogens is 1. The van der Waals surface area contributed by atoms with Crippen LogP contribution in [0.5, 0.6) is 0 Å². The summed E-state index contributed by atoms with van der Waals surface area (Å²) in [5, 5.41) is 5.86. The zero-order valence-electron chi connectivity index (χ0n) is 13.8. The fourth-order valence-corrected chi connectivity index (χ4v) is 3.38. The van der Waals surface area contributed by atoms with Crippen LogP contribution in [0.2, 0.25) is 0 Å². The maximum atomic E-state index is 12.2. The van der Waals surface area contributed by atoms with Crippen molar-refractivity contribution in [1.29, 1.82) is 0 Å². The molecule has 0 saturated heterocycles. The lowest BCUT2D eigenvalue weighted by Crippen LogP contribution is -2.28. The first-order chi connectivity index (χ1) is 11.5. The third kappa shape index (κ3) is 3.74. The van der Waals surface area contributed by atoms with E-state index < -0.39 is 0 Å². The van der Waals surface area contributed by atoms with Gasteiger partial charge in [0.2, 0.25) is 5.91 Å². The van der Waals surface area contributed by atoms with Crippen LogP contribution < -0.4 is 10.9 Å². The van der Waals surface area contributed by atoms with Crippen LogP contribution in [0.4, 0.5) is 0 Å². The average molecular weight is 340 g/mol. The molecule has 0 aliphatic rings. The summed E-state index contributed by atoms with van der Waals surface area (Å²) in [4.78, 5) is 28.1. The van der Waals surface area contributed by atoms with Crippen molar-refractivity contribution in [2.75, 3.05) is 6.54 Å². The first-order valence-corrected chi connectivity index (χ1v) is 8.83. The zero-order valence-corrected chi connectivity index (χ0v) is 14.6. The van der Waals surface area contributed by atoms with Crippen LogP contribution in [-0.2, 0) is 17.6 Å². The second kappa shape index (κ2) is 7.01. The molecule has 0 saturated carbocycles. The molecule has 0 atom stereocenters. The van der Waals surface area contributed by atoms with Gasteiger partial charge in [-0.1, -0.05) is 6.07 Å². The number of aromatic amines is 1. The highest BCUT2D eigenvalue weighted by molar-refractivity contribution is 7.10. The van der Waals surface area contributed by atoms with E-state index in [0.29, 0.717) is 24.9 Å². The predicted molar refractivity (Wildman–Crippen MR) is 98.8 cm³/mol. The number of rotatable bonds is 5. The molecule has 3 rings (SSSR count). The molecule has 4 nitrogen and oxygen atoms in total. The number of hydrogen-bond acceptors (Lipinski definition) is 3. The highest BCUT2D eigenvalue weighted by atomic mass is 32.1. The van der Waals surface area contributed by atoms with Crippen molar-refractivity contribution in [3.63, 3.8) is 0 Å². The molecule has 0 radical (unpaired) electrons. The number of aryl methyl sites for hydroxylation is 2. The van der Waals surface area contributed by atoms with E-state index >= 15 is 0 Å². The number of H-pyrrole nitrogens is 1. The highest BCUT2D eigenvalue weighted by Crippen LogP contribution is 2.17. The standard InChI is InChI=1S/C19H20N2O2S/c1-12-8-15-10-14(19(23)21-17(15)9-13(12)2)5-6-20-18(22)11-16-4-3-7-24-16/h3-4,7-10H,5-6,11H2,1-2H3,(H,20,22)(H,21,23). The van der Waals surface area contributed by atoms with Gasteiger partial charge in [0.05, 0.1) is 6.42 Å². The largest absolute Gasteiger partial charge is 0.355 e. The van der Waals surface area contributed by atoms with Gasteiger partial charge in [-0.15, -0.1) is 11.3 Å². The monoisotopic (exact) mass is 340 g/mol. The quantitative estimate of drug-likeness (QED) is 0.750. The van der Waals surface area contributed by atoms with Gasteiger partial charge in [-0.3, -0.25) is 9.59 Å². The summed E-state index contributed by atoms with van der Waals surface area (Å²) in [6.45, 7) is 4.55. The minimum Gasteiger partial charge on any atom is -0.355 e. The Kier molecular flexibility index (Phi) is 4.81. The normalized spacial score (nSPS) is 10.9. The van der Waals surface area contributed by atoms with Gasteiger partial charge >= 0.3 is 0 Å². The van der Waals surface area contributed by atoms with E-state index in [4.69, 9.17) is 0 Å². The lowest BCUT2D eigenvalue weighted by atomic mass is 10.0. The number of pyridine rings is 1. The second-order valence-corrected chi connectivity index (χ2v) is 7.04. The number of carbonyl (C=O) groups is 1. The van der Waals surface area contributed by atoms with Gasteiger partial charge in [-0.25, -0.2) is 0 Å².